The first-order chi connectivity index (χ1) is 30.7. The standard InChI is InChI=1S/C60H42N2/c1-3-16-40(17-4-2)42-28-31-45(32-29-42)61(46-33-30-41-18-8-9-19-43(41)36-46)47-34-35-51-53-38-57-52(39-59(53)62(58(51)37-47)44-20-6-5-7-21-44)50-24-12-15-27-56(50)60(57)54-25-13-10-22-48(54)49-23-11-14-26-55(49)60/h3-39H,1H2,2H3/b17-4-,40-16+. The summed E-state index contributed by atoms with van der Waals surface area (Å²) in [5.74, 6) is 0. The molecule has 1 heterocycles. The highest BCUT2D eigenvalue weighted by atomic mass is 15.1. The highest BCUT2D eigenvalue weighted by molar-refractivity contribution is 6.13. The van der Waals surface area contributed by atoms with Gasteiger partial charge in [0.1, 0.15) is 0 Å². The quantitative estimate of drug-likeness (QED) is 0.146. The zero-order chi connectivity index (χ0) is 41.4. The Morgan fingerprint density at radius 2 is 1.05 bits per heavy atom. The van der Waals surface area contributed by atoms with Gasteiger partial charge in [-0.2, -0.15) is 0 Å². The lowest BCUT2D eigenvalue weighted by molar-refractivity contribution is 0.795. The molecule has 0 radical (unpaired) electrons. The minimum absolute atomic E-state index is 0.416. The molecular weight excluding hydrogens is 749 g/mol. The number of nitrogens with zero attached hydrogens (tertiary/aromatic N) is 2. The fraction of sp³-hybridized carbons (Fsp3) is 0.0333. The van der Waals surface area contributed by atoms with E-state index >= 15 is 0 Å². The first kappa shape index (κ1) is 36.0. The van der Waals surface area contributed by atoms with Crippen LogP contribution in [0.1, 0.15) is 34.7 Å². The van der Waals surface area contributed by atoms with E-state index in [4.69, 9.17) is 0 Å². The number of benzene rings is 9. The topological polar surface area (TPSA) is 8.17 Å². The van der Waals surface area contributed by atoms with Crippen LogP contribution in [0.15, 0.2) is 231 Å². The van der Waals surface area contributed by atoms with Gasteiger partial charge in [0.25, 0.3) is 0 Å². The summed E-state index contributed by atoms with van der Waals surface area (Å²) in [4.78, 5) is 2.40. The Hall–Kier alpha value is -7.94. The van der Waals surface area contributed by atoms with Crippen molar-refractivity contribution in [1.29, 1.82) is 0 Å². The van der Waals surface area contributed by atoms with E-state index in [1.54, 1.807) is 0 Å². The van der Waals surface area contributed by atoms with E-state index < -0.39 is 5.41 Å². The van der Waals surface area contributed by atoms with Gasteiger partial charge in [-0.3, -0.25) is 0 Å². The predicted molar refractivity (Wildman–Crippen MR) is 262 cm³/mol. The van der Waals surface area contributed by atoms with Crippen LogP contribution >= 0.6 is 0 Å². The van der Waals surface area contributed by atoms with Gasteiger partial charge >= 0.3 is 0 Å². The fourth-order valence-electron chi connectivity index (χ4n) is 10.7. The van der Waals surface area contributed by atoms with Crippen molar-refractivity contribution in [2.45, 2.75) is 12.3 Å². The summed E-state index contributed by atoms with van der Waals surface area (Å²) in [5.41, 5.74) is 19.3. The van der Waals surface area contributed by atoms with Crippen molar-refractivity contribution >= 4 is 55.2 Å². The van der Waals surface area contributed by atoms with Gasteiger partial charge < -0.3 is 9.47 Å². The number of anilines is 3. The van der Waals surface area contributed by atoms with Gasteiger partial charge in [-0.1, -0.05) is 170 Å². The molecule has 9 aromatic carbocycles. The SMILES string of the molecule is C=C/C=C(\C=C/C)c1ccc(N(c2ccc3ccccc3c2)c2ccc3c4cc5c(cc4n(-c4ccccc4)c3c2)-c2ccccc2C52c3ccccc3-c3ccccc32)cc1. The second-order valence-corrected chi connectivity index (χ2v) is 16.4. The molecule has 62 heavy (non-hydrogen) atoms. The molecule has 0 fully saturated rings. The Labute approximate surface area is 362 Å². The van der Waals surface area contributed by atoms with Crippen LogP contribution in [0.2, 0.25) is 0 Å². The third kappa shape index (κ3) is 5.17. The van der Waals surface area contributed by atoms with Crippen LogP contribution in [0.4, 0.5) is 17.1 Å². The zero-order valence-electron chi connectivity index (χ0n) is 34.5. The Balaban J connectivity index is 1.12. The van der Waals surface area contributed by atoms with Gasteiger partial charge in [0, 0.05) is 33.5 Å². The summed E-state index contributed by atoms with van der Waals surface area (Å²) in [6.45, 7) is 6.02. The number of para-hydroxylation sites is 1. The molecule has 0 unspecified atom stereocenters. The Bertz CT molecular complexity index is 3440. The number of aromatic nitrogens is 1. The van der Waals surface area contributed by atoms with E-state index in [1.807, 2.05) is 6.08 Å². The molecule has 2 aliphatic carbocycles. The number of fused-ring (bicyclic) bond motifs is 14. The lowest BCUT2D eigenvalue weighted by atomic mass is 9.70. The largest absolute Gasteiger partial charge is 0.310 e. The summed E-state index contributed by atoms with van der Waals surface area (Å²) in [6, 6.07) is 74.4. The van der Waals surface area contributed by atoms with Crippen molar-refractivity contribution in [2.24, 2.45) is 0 Å². The molecule has 0 bridgehead atoms. The van der Waals surface area contributed by atoms with E-state index in [0.29, 0.717) is 0 Å². The molecular formula is C60H42N2. The average molecular weight is 791 g/mol. The molecule has 0 saturated carbocycles. The summed E-state index contributed by atoms with van der Waals surface area (Å²) in [5, 5.41) is 4.89. The Kier molecular flexibility index (Phi) is 8.17. The maximum Gasteiger partial charge on any atom is 0.0725 e. The summed E-state index contributed by atoms with van der Waals surface area (Å²) >= 11 is 0. The maximum atomic E-state index is 3.97. The molecule has 0 aliphatic heterocycles. The Morgan fingerprint density at radius 1 is 0.484 bits per heavy atom. The zero-order valence-corrected chi connectivity index (χ0v) is 34.5. The van der Waals surface area contributed by atoms with Crippen LogP contribution in [0.3, 0.4) is 0 Å². The van der Waals surface area contributed by atoms with Crippen LogP contribution in [-0.2, 0) is 5.41 Å². The fourth-order valence-corrected chi connectivity index (χ4v) is 10.7. The monoisotopic (exact) mass is 790 g/mol. The number of hydrogen-bond acceptors (Lipinski definition) is 1. The first-order valence-electron chi connectivity index (χ1n) is 21.5. The molecule has 10 aromatic rings. The van der Waals surface area contributed by atoms with Crippen molar-refractivity contribution in [2.75, 3.05) is 4.90 Å². The minimum Gasteiger partial charge on any atom is -0.310 e. The predicted octanol–water partition coefficient (Wildman–Crippen LogP) is 15.9. The molecule has 2 aliphatic rings. The van der Waals surface area contributed by atoms with Gasteiger partial charge in [-0.25, -0.2) is 0 Å². The van der Waals surface area contributed by atoms with E-state index in [9.17, 15) is 0 Å². The number of allylic oxidation sites excluding steroid dienone is 5. The summed E-state index contributed by atoms with van der Waals surface area (Å²) in [6.07, 6.45) is 8.12. The normalized spacial score (nSPS) is 13.5. The van der Waals surface area contributed by atoms with Crippen molar-refractivity contribution in [1.82, 2.24) is 4.57 Å². The van der Waals surface area contributed by atoms with Gasteiger partial charge in [0.05, 0.1) is 16.4 Å². The smallest absolute Gasteiger partial charge is 0.0725 e. The van der Waals surface area contributed by atoms with E-state index in [2.05, 4.69) is 241 Å². The lowest BCUT2D eigenvalue weighted by Gasteiger charge is -2.30. The highest BCUT2D eigenvalue weighted by Crippen LogP contribution is 2.63. The molecule has 292 valence electrons. The van der Waals surface area contributed by atoms with Crippen LogP contribution < -0.4 is 4.90 Å². The molecule has 2 heteroatoms. The summed E-state index contributed by atoms with van der Waals surface area (Å²) < 4.78 is 2.48. The molecule has 12 rings (SSSR count). The van der Waals surface area contributed by atoms with Crippen molar-refractivity contribution < 1.29 is 0 Å². The highest BCUT2D eigenvalue weighted by Gasteiger charge is 2.51. The third-order valence-electron chi connectivity index (χ3n) is 13.2. The van der Waals surface area contributed by atoms with Crippen molar-refractivity contribution in [3.8, 4) is 27.9 Å². The second kappa shape index (κ2) is 14.1. The molecule has 0 amide bonds. The maximum absolute atomic E-state index is 3.97. The van der Waals surface area contributed by atoms with Crippen LogP contribution in [0.25, 0.3) is 66.1 Å². The van der Waals surface area contributed by atoms with Crippen LogP contribution in [0, 0.1) is 0 Å². The van der Waals surface area contributed by atoms with Crippen molar-refractivity contribution in [3.05, 3.63) is 259 Å². The molecule has 2 nitrogen and oxygen atoms in total. The van der Waals surface area contributed by atoms with Gasteiger partial charge in [0.2, 0.25) is 0 Å². The van der Waals surface area contributed by atoms with Crippen molar-refractivity contribution in [3.63, 3.8) is 0 Å². The van der Waals surface area contributed by atoms with Gasteiger partial charge in [-0.05, 0) is 134 Å². The number of hydrogen-bond donors (Lipinski definition) is 0. The second-order valence-electron chi connectivity index (χ2n) is 16.4. The lowest BCUT2D eigenvalue weighted by Crippen LogP contribution is -2.25. The van der Waals surface area contributed by atoms with E-state index in [1.165, 1.54) is 71.6 Å². The number of rotatable bonds is 7. The molecule has 0 saturated heterocycles. The first-order valence-corrected chi connectivity index (χ1v) is 21.5. The molecule has 1 aromatic heterocycles. The molecule has 0 N–H and O–H groups in total. The van der Waals surface area contributed by atoms with Crippen LogP contribution in [-0.4, -0.2) is 4.57 Å². The van der Waals surface area contributed by atoms with Crippen LogP contribution in [0.5, 0.6) is 0 Å². The molecule has 0 atom stereocenters. The minimum atomic E-state index is -0.416. The third-order valence-corrected chi connectivity index (χ3v) is 13.2. The molecule has 1 spiro atoms. The Morgan fingerprint density at radius 3 is 1.73 bits per heavy atom. The van der Waals surface area contributed by atoms with E-state index in [0.717, 1.165) is 39.4 Å². The van der Waals surface area contributed by atoms with Gasteiger partial charge in [-0.15, -0.1) is 0 Å². The van der Waals surface area contributed by atoms with Gasteiger partial charge in [0.15, 0.2) is 0 Å². The van der Waals surface area contributed by atoms with E-state index in [-0.39, 0.29) is 0 Å². The average Bonchev–Trinajstić information content (AvgIpc) is 3.92. The summed E-state index contributed by atoms with van der Waals surface area (Å²) in [7, 11) is 0.